The largest absolute Gasteiger partial charge is 0.442 e. The van der Waals surface area contributed by atoms with Crippen LogP contribution in [-0.2, 0) is 20.7 Å². The van der Waals surface area contributed by atoms with E-state index in [0.717, 1.165) is 12.0 Å². The number of ketones is 1. The number of rotatable bonds is 10. The molecule has 0 bridgehead atoms. The van der Waals surface area contributed by atoms with Crippen molar-refractivity contribution in [3.05, 3.63) is 50.1 Å². The van der Waals surface area contributed by atoms with E-state index in [1.165, 1.54) is 16.2 Å². The van der Waals surface area contributed by atoms with Gasteiger partial charge in [-0.05, 0) is 36.2 Å². The number of amides is 2. The molecule has 0 saturated carbocycles. The number of Topliss-reactive ketones (excluding diaryl/α,β-unsaturated/α-hetero) is 1. The third kappa shape index (κ3) is 6.43. The van der Waals surface area contributed by atoms with Crippen molar-refractivity contribution in [3.8, 4) is 0 Å². The van der Waals surface area contributed by atoms with E-state index in [0.29, 0.717) is 26.5 Å². The Morgan fingerprint density at radius 2 is 2.10 bits per heavy atom. The van der Waals surface area contributed by atoms with Crippen LogP contribution in [0.2, 0.25) is 9.36 Å². The van der Waals surface area contributed by atoms with Crippen LogP contribution in [-0.4, -0.2) is 50.2 Å². The number of anilines is 1. The molecule has 1 fully saturated rings. The second-order valence-corrected chi connectivity index (χ2v) is 9.11. The molecule has 31 heavy (non-hydrogen) atoms. The molecule has 1 aromatic heterocycles. The Kier molecular flexibility index (Phi) is 8.31. The molecule has 1 saturated heterocycles. The molecular weight excluding hydrogens is 463 g/mol. The number of nitrogens with one attached hydrogen (secondary N) is 1. The second-order valence-electron chi connectivity index (χ2n) is 6.98. The van der Waals surface area contributed by atoms with E-state index in [1.807, 2.05) is 6.92 Å². The molecule has 1 atom stereocenters. The Morgan fingerprint density at radius 3 is 2.77 bits per heavy atom. The van der Waals surface area contributed by atoms with Gasteiger partial charge in [-0.2, -0.15) is 0 Å². The summed E-state index contributed by atoms with van der Waals surface area (Å²) in [5.74, 6) is -0.318. The molecule has 2 aromatic rings. The molecule has 1 aliphatic heterocycles. The Balaban J connectivity index is 1.55. The molecule has 0 radical (unpaired) electrons. The maximum Gasteiger partial charge on any atom is 0.414 e. The molecule has 3 rings (SSSR count). The number of hydrogen-bond donors (Lipinski definition) is 1. The molecule has 2 heterocycles. The van der Waals surface area contributed by atoms with Crippen molar-refractivity contribution in [2.75, 3.05) is 31.2 Å². The topological polar surface area (TPSA) is 84.9 Å². The highest BCUT2D eigenvalue weighted by molar-refractivity contribution is 7.18. The maximum atomic E-state index is 12.3. The lowest BCUT2D eigenvalue weighted by atomic mass is 10.1. The maximum absolute atomic E-state index is 12.3. The van der Waals surface area contributed by atoms with Crippen LogP contribution in [0.4, 0.5) is 10.5 Å². The van der Waals surface area contributed by atoms with Crippen molar-refractivity contribution in [1.29, 1.82) is 0 Å². The minimum Gasteiger partial charge on any atom is -0.442 e. The molecular formula is C21H22Cl2N2O5S. The fraction of sp³-hybridized carbons (Fsp3) is 0.381. The predicted molar refractivity (Wildman–Crippen MR) is 121 cm³/mol. The van der Waals surface area contributed by atoms with E-state index in [4.69, 9.17) is 32.7 Å². The van der Waals surface area contributed by atoms with E-state index in [9.17, 15) is 14.4 Å². The zero-order chi connectivity index (χ0) is 22.4. The molecule has 0 spiro atoms. The third-order valence-corrected chi connectivity index (χ3v) is 6.01. The predicted octanol–water partition coefficient (Wildman–Crippen LogP) is 4.35. The zero-order valence-corrected chi connectivity index (χ0v) is 19.2. The van der Waals surface area contributed by atoms with Crippen molar-refractivity contribution in [3.63, 3.8) is 0 Å². The molecule has 1 N–H and O–H groups in total. The Bertz CT molecular complexity index is 965. The van der Waals surface area contributed by atoms with Crippen molar-refractivity contribution < 1.29 is 23.9 Å². The van der Waals surface area contributed by atoms with Gasteiger partial charge in [0.05, 0.1) is 33.0 Å². The molecule has 0 unspecified atom stereocenters. The molecule has 1 aromatic carbocycles. The summed E-state index contributed by atoms with van der Waals surface area (Å²) in [5, 5.41) is 3.08. The average molecular weight is 485 g/mol. The van der Waals surface area contributed by atoms with Crippen molar-refractivity contribution in [1.82, 2.24) is 5.32 Å². The smallest absolute Gasteiger partial charge is 0.414 e. The number of carbonyl (C=O) groups is 3. The lowest BCUT2D eigenvalue weighted by Gasteiger charge is -2.15. The van der Waals surface area contributed by atoms with Crippen LogP contribution in [0.3, 0.4) is 0 Å². The molecule has 1 aliphatic rings. The number of carbonyl (C=O) groups excluding carboxylic acids is 3. The highest BCUT2D eigenvalue weighted by Crippen LogP contribution is 2.30. The fourth-order valence-electron chi connectivity index (χ4n) is 3.04. The quantitative estimate of drug-likeness (QED) is 0.506. The van der Waals surface area contributed by atoms with E-state index in [1.54, 1.807) is 30.3 Å². The number of hydrogen-bond acceptors (Lipinski definition) is 6. The molecule has 2 amide bonds. The van der Waals surface area contributed by atoms with Gasteiger partial charge in [-0.3, -0.25) is 14.5 Å². The minimum absolute atomic E-state index is 0.0410. The van der Waals surface area contributed by atoms with Crippen molar-refractivity contribution in [2.45, 2.75) is 25.9 Å². The van der Waals surface area contributed by atoms with Gasteiger partial charge in [0.2, 0.25) is 0 Å². The van der Waals surface area contributed by atoms with Gasteiger partial charge < -0.3 is 14.8 Å². The summed E-state index contributed by atoms with van der Waals surface area (Å²) < 4.78 is 11.1. The van der Waals surface area contributed by atoms with E-state index in [2.05, 4.69) is 5.32 Å². The van der Waals surface area contributed by atoms with Gasteiger partial charge in [-0.15, -0.1) is 11.3 Å². The van der Waals surface area contributed by atoms with Gasteiger partial charge in [0.25, 0.3) is 5.91 Å². The standard InChI is InChI=1S/C21H22Cl2N2O5S/c1-2-7-29-12-14(26)8-13-3-4-17(16(22)9-13)25-11-15(30-21(25)28)10-24-20(27)18-5-6-19(23)31-18/h3-6,9,15H,2,7-8,10-12H2,1H3,(H,24,27)/t15-/m0/s1. The summed E-state index contributed by atoms with van der Waals surface area (Å²) in [6.45, 7) is 3.00. The number of ether oxygens (including phenoxy) is 2. The first kappa shape index (κ1) is 23.5. The number of benzene rings is 1. The fourth-order valence-corrected chi connectivity index (χ4v) is 4.31. The van der Waals surface area contributed by atoms with Gasteiger partial charge in [-0.1, -0.05) is 36.2 Å². The van der Waals surface area contributed by atoms with Gasteiger partial charge in [0.15, 0.2) is 5.78 Å². The Morgan fingerprint density at radius 1 is 1.29 bits per heavy atom. The van der Waals surface area contributed by atoms with Gasteiger partial charge in [0, 0.05) is 13.0 Å². The number of thiophene rings is 1. The second kappa shape index (κ2) is 10.9. The highest BCUT2D eigenvalue weighted by atomic mass is 35.5. The Hall–Kier alpha value is -2.13. The van der Waals surface area contributed by atoms with Crippen LogP contribution < -0.4 is 10.2 Å². The molecule has 166 valence electrons. The normalized spacial score (nSPS) is 15.8. The van der Waals surface area contributed by atoms with Crippen molar-refractivity contribution >= 4 is 58.0 Å². The number of nitrogens with zero attached hydrogens (tertiary/aromatic N) is 1. The average Bonchev–Trinajstić information content (AvgIpc) is 3.32. The SMILES string of the molecule is CCCOCC(=O)Cc1ccc(N2C[C@H](CNC(=O)c3ccc(Cl)s3)OC2=O)c(Cl)c1. The zero-order valence-electron chi connectivity index (χ0n) is 16.9. The van der Waals surface area contributed by atoms with Crippen LogP contribution in [0, 0.1) is 0 Å². The highest BCUT2D eigenvalue weighted by Gasteiger charge is 2.33. The summed E-state index contributed by atoms with van der Waals surface area (Å²) in [7, 11) is 0. The summed E-state index contributed by atoms with van der Waals surface area (Å²) >= 11 is 13.4. The first-order chi connectivity index (χ1) is 14.9. The van der Waals surface area contributed by atoms with E-state index in [-0.39, 0.29) is 37.8 Å². The van der Waals surface area contributed by atoms with Gasteiger partial charge in [-0.25, -0.2) is 4.79 Å². The monoisotopic (exact) mass is 484 g/mol. The van der Waals surface area contributed by atoms with Gasteiger partial charge >= 0.3 is 6.09 Å². The third-order valence-electron chi connectivity index (χ3n) is 4.48. The van der Waals surface area contributed by atoms with Gasteiger partial charge in [0.1, 0.15) is 12.7 Å². The summed E-state index contributed by atoms with van der Waals surface area (Å²) in [4.78, 5) is 38.3. The summed E-state index contributed by atoms with van der Waals surface area (Å²) in [6.07, 6.45) is -0.000418. The molecule has 10 heteroatoms. The van der Waals surface area contributed by atoms with Crippen LogP contribution >= 0.6 is 34.5 Å². The lowest BCUT2D eigenvalue weighted by Crippen LogP contribution is -2.34. The van der Waals surface area contributed by atoms with Crippen LogP contribution in [0.1, 0.15) is 28.6 Å². The number of cyclic esters (lactones) is 1. The summed E-state index contributed by atoms with van der Waals surface area (Å²) in [6, 6.07) is 8.39. The summed E-state index contributed by atoms with van der Waals surface area (Å²) in [5.41, 5.74) is 1.23. The van der Waals surface area contributed by atoms with Crippen LogP contribution in [0.15, 0.2) is 30.3 Å². The van der Waals surface area contributed by atoms with Crippen LogP contribution in [0.5, 0.6) is 0 Å². The van der Waals surface area contributed by atoms with Crippen molar-refractivity contribution in [2.24, 2.45) is 0 Å². The first-order valence-corrected chi connectivity index (χ1v) is 11.3. The molecule has 0 aliphatic carbocycles. The molecule has 7 nitrogen and oxygen atoms in total. The first-order valence-electron chi connectivity index (χ1n) is 9.77. The lowest BCUT2D eigenvalue weighted by molar-refractivity contribution is -0.122. The Labute approximate surface area is 194 Å². The van der Waals surface area contributed by atoms with Crippen LogP contribution in [0.25, 0.3) is 0 Å². The van der Waals surface area contributed by atoms with E-state index >= 15 is 0 Å². The van der Waals surface area contributed by atoms with E-state index < -0.39 is 12.2 Å². The number of halogens is 2. The minimum atomic E-state index is -0.544.